The van der Waals surface area contributed by atoms with E-state index in [1.807, 2.05) is 60.7 Å². The average molecular weight is 430 g/mol. The number of rotatable bonds is 9. The average Bonchev–Trinajstić information content (AvgIpc) is 2.82. The maximum absolute atomic E-state index is 12.1. The van der Waals surface area contributed by atoms with Gasteiger partial charge in [-0.25, -0.2) is 4.79 Å². The Kier molecular flexibility index (Phi) is 6.75. The third-order valence-corrected chi connectivity index (χ3v) is 5.45. The third kappa shape index (κ3) is 5.11. The molecule has 0 bridgehead atoms. The van der Waals surface area contributed by atoms with Gasteiger partial charge in [0.2, 0.25) is 0 Å². The van der Waals surface area contributed by atoms with Crippen LogP contribution in [0, 0.1) is 0 Å². The molecule has 0 atom stereocenters. The number of anilines is 1. The monoisotopic (exact) mass is 429 g/mol. The van der Waals surface area contributed by atoms with Gasteiger partial charge in [0.15, 0.2) is 0 Å². The van der Waals surface area contributed by atoms with Crippen molar-refractivity contribution in [1.82, 2.24) is 0 Å². The molecule has 0 spiro atoms. The molecular weight excluding hydrogens is 402 g/mol. The molecule has 0 aliphatic carbocycles. The SMILES string of the molecule is CCCCc1cc(=O)oc2c(CNc3ccc(OCc4ccccc4)cc3)c(O)ccc12. The fourth-order valence-corrected chi connectivity index (χ4v) is 3.68. The largest absolute Gasteiger partial charge is 0.507 e. The number of fused-ring (bicyclic) bond motifs is 1. The molecule has 4 aromatic rings. The molecule has 0 saturated heterocycles. The number of phenols is 1. The van der Waals surface area contributed by atoms with E-state index in [-0.39, 0.29) is 5.75 Å². The van der Waals surface area contributed by atoms with Crippen molar-refractivity contribution in [3.63, 3.8) is 0 Å². The minimum absolute atomic E-state index is 0.101. The zero-order chi connectivity index (χ0) is 22.3. The van der Waals surface area contributed by atoms with Crippen molar-refractivity contribution in [1.29, 1.82) is 0 Å². The van der Waals surface area contributed by atoms with E-state index in [2.05, 4.69) is 12.2 Å². The molecular formula is C27H27NO4. The summed E-state index contributed by atoms with van der Waals surface area (Å²) >= 11 is 0. The first-order valence-corrected chi connectivity index (χ1v) is 10.9. The third-order valence-electron chi connectivity index (χ3n) is 5.45. The van der Waals surface area contributed by atoms with Gasteiger partial charge in [0.05, 0.1) is 5.56 Å². The predicted molar refractivity (Wildman–Crippen MR) is 127 cm³/mol. The quantitative estimate of drug-likeness (QED) is 0.318. The normalized spacial score (nSPS) is 10.9. The van der Waals surface area contributed by atoms with Crippen LogP contribution in [0.25, 0.3) is 11.0 Å². The van der Waals surface area contributed by atoms with Crippen LogP contribution < -0.4 is 15.7 Å². The predicted octanol–water partition coefficient (Wildman–Crippen LogP) is 6.03. The van der Waals surface area contributed by atoms with Crippen LogP contribution in [0.15, 0.2) is 82.0 Å². The van der Waals surface area contributed by atoms with Crippen LogP contribution in [0.3, 0.4) is 0 Å². The summed E-state index contributed by atoms with van der Waals surface area (Å²) in [5.41, 5.74) is 3.56. The van der Waals surface area contributed by atoms with Crippen LogP contribution in [0.1, 0.15) is 36.5 Å². The summed E-state index contributed by atoms with van der Waals surface area (Å²) < 4.78 is 11.3. The molecule has 3 aromatic carbocycles. The minimum Gasteiger partial charge on any atom is -0.507 e. The first-order valence-electron chi connectivity index (χ1n) is 10.9. The molecule has 0 aliphatic heterocycles. The minimum atomic E-state index is -0.393. The maximum atomic E-state index is 12.1. The highest BCUT2D eigenvalue weighted by Crippen LogP contribution is 2.30. The number of phenolic OH excluding ortho intramolecular Hbond substituents is 1. The number of aryl methyl sites for hydroxylation is 1. The molecule has 4 rings (SSSR count). The Bertz CT molecular complexity index is 1230. The molecule has 0 fully saturated rings. The van der Waals surface area contributed by atoms with Crippen LogP contribution in [0.4, 0.5) is 5.69 Å². The summed E-state index contributed by atoms with van der Waals surface area (Å²) in [5, 5.41) is 14.6. The molecule has 1 aromatic heterocycles. The van der Waals surface area contributed by atoms with Crippen molar-refractivity contribution >= 4 is 16.7 Å². The van der Waals surface area contributed by atoms with Crippen LogP contribution in [0.2, 0.25) is 0 Å². The van der Waals surface area contributed by atoms with Crippen LogP contribution in [-0.4, -0.2) is 5.11 Å². The highest BCUT2D eigenvalue weighted by Gasteiger charge is 2.13. The Morgan fingerprint density at radius 2 is 1.78 bits per heavy atom. The number of ether oxygens (including phenoxy) is 1. The lowest BCUT2D eigenvalue weighted by Crippen LogP contribution is -2.05. The van der Waals surface area contributed by atoms with Gasteiger partial charge in [0.25, 0.3) is 0 Å². The number of hydrogen-bond donors (Lipinski definition) is 2. The second kappa shape index (κ2) is 10.1. The van der Waals surface area contributed by atoms with Gasteiger partial charge in [-0.05, 0) is 60.4 Å². The maximum Gasteiger partial charge on any atom is 0.336 e. The number of unbranched alkanes of at least 4 members (excludes halogenated alkanes) is 1. The molecule has 0 unspecified atom stereocenters. The van der Waals surface area contributed by atoms with Gasteiger partial charge in [0.1, 0.15) is 23.7 Å². The van der Waals surface area contributed by atoms with Crippen LogP contribution in [0.5, 0.6) is 11.5 Å². The molecule has 0 aliphatic rings. The number of benzene rings is 3. The Balaban J connectivity index is 1.48. The summed E-state index contributed by atoms with van der Waals surface area (Å²) in [6.45, 7) is 2.96. The molecule has 5 heteroatoms. The lowest BCUT2D eigenvalue weighted by molar-refractivity contribution is 0.306. The highest BCUT2D eigenvalue weighted by molar-refractivity contribution is 5.85. The summed E-state index contributed by atoms with van der Waals surface area (Å²) in [7, 11) is 0. The summed E-state index contributed by atoms with van der Waals surface area (Å²) in [4.78, 5) is 12.1. The van der Waals surface area contributed by atoms with Crippen molar-refractivity contribution in [2.24, 2.45) is 0 Å². The van der Waals surface area contributed by atoms with E-state index in [0.717, 1.165) is 47.2 Å². The summed E-state index contributed by atoms with van der Waals surface area (Å²) in [6, 6.07) is 22.7. The van der Waals surface area contributed by atoms with Crippen LogP contribution >= 0.6 is 0 Å². The fourth-order valence-electron chi connectivity index (χ4n) is 3.68. The Morgan fingerprint density at radius 1 is 1.00 bits per heavy atom. The van der Waals surface area contributed by atoms with Gasteiger partial charge >= 0.3 is 5.63 Å². The smallest absolute Gasteiger partial charge is 0.336 e. The van der Waals surface area contributed by atoms with Gasteiger partial charge in [-0.3, -0.25) is 0 Å². The Labute approximate surface area is 187 Å². The van der Waals surface area contributed by atoms with E-state index in [9.17, 15) is 9.90 Å². The van der Waals surface area contributed by atoms with E-state index >= 15 is 0 Å². The van der Waals surface area contributed by atoms with E-state index in [4.69, 9.17) is 9.15 Å². The molecule has 164 valence electrons. The van der Waals surface area contributed by atoms with E-state index in [1.54, 1.807) is 12.1 Å². The second-order valence-electron chi connectivity index (χ2n) is 7.79. The number of nitrogens with one attached hydrogen (secondary N) is 1. The lowest BCUT2D eigenvalue weighted by Gasteiger charge is -2.13. The molecule has 5 nitrogen and oxygen atoms in total. The Hall–Kier alpha value is -3.73. The van der Waals surface area contributed by atoms with Crippen molar-refractivity contribution in [2.45, 2.75) is 39.3 Å². The highest BCUT2D eigenvalue weighted by atomic mass is 16.5. The van der Waals surface area contributed by atoms with E-state index in [1.165, 1.54) is 0 Å². The number of hydrogen-bond acceptors (Lipinski definition) is 5. The van der Waals surface area contributed by atoms with Crippen molar-refractivity contribution in [3.8, 4) is 11.5 Å². The van der Waals surface area contributed by atoms with Gasteiger partial charge in [-0.15, -0.1) is 0 Å². The van der Waals surface area contributed by atoms with E-state index < -0.39 is 5.63 Å². The molecule has 0 amide bonds. The van der Waals surface area contributed by atoms with Gasteiger partial charge in [0, 0.05) is 23.7 Å². The number of aromatic hydroxyl groups is 1. The molecule has 0 radical (unpaired) electrons. The van der Waals surface area contributed by atoms with Gasteiger partial charge in [-0.2, -0.15) is 0 Å². The summed E-state index contributed by atoms with van der Waals surface area (Å²) in [5.74, 6) is 0.877. The fraction of sp³-hybridized carbons (Fsp3) is 0.222. The molecule has 2 N–H and O–H groups in total. The second-order valence-corrected chi connectivity index (χ2v) is 7.79. The van der Waals surface area contributed by atoms with E-state index in [0.29, 0.717) is 24.3 Å². The molecule has 1 heterocycles. The standard InChI is InChI=1S/C27H27NO4/c1-2-3-9-20-16-26(30)32-27-23(20)14-15-25(29)24(27)17-28-21-10-12-22(13-11-21)31-18-19-7-5-4-6-8-19/h4-8,10-16,28-29H,2-3,9,17-18H2,1H3. The van der Waals surface area contributed by atoms with Crippen molar-refractivity contribution in [3.05, 3.63) is 99.9 Å². The first-order chi connectivity index (χ1) is 15.6. The summed E-state index contributed by atoms with van der Waals surface area (Å²) in [6.07, 6.45) is 2.84. The first kappa shape index (κ1) is 21.5. The Morgan fingerprint density at radius 3 is 2.53 bits per heavy atom. The lowest BCUT2D eigenvalue weighted by atomic mass is 10.0. The zero-order valence-electron chi connectivity index (χ0n) is 18.1. The zero-order valence-corrected chi connectivity index (χ0v) is 18.1. The molecule has 32 heavy (non-hydrogen) atoms. The van der Waals surface area contributed by atoms with Crippen molar-refractivity contribution < 1.29 is 14.3 Å². The topological polar surface area (TPSA) is 71.7 Å². The van der Waals surface area contributed by atoms with Crippen molar-refractivity contribution in [2.75, 3.05) is 5.32 Å². The molecule has 0 saturated carbocycles. The van der Waals surface area contributed by atoms with Gasteiger partial charge in [-0.1, -0.05) is 43.7 Å². The van der Waals surface area contributed by atoms with Gasteiger partial charge < -0.3 is 19.6 Å². The van der Waals surface area contributed by atoms with Crippen LogP contribution in [-0.2, 0) is 19.6 Å².